The lowest BCUT2D eigenvalue weighted by Gasteiger charge is -2.22. The molecule has 0 radical (unpaired) electrons. The fourth-order valence-corrected chi connectivity index (χ4v) is 1.68. The van der Waals surface area contributed by atoms with Gasteiger partial charge in [-0.15, -0.1) is 0 Å². The second kappa shape index (κ2) is 6.36. The van der Waals surface area contributed by atoms with E-state index in [2.05, 4.69) is 0 Å². The Labute approximate surface area is 103 Å². The molecular weight excluding hydrogens is 242 g/mol. The van der Waals surface area contributed by atoms with E-state index in [1.54, 1.807) is 31.2 Å². The van der Waals surface area contributed by atoms with Gasteiger partial charge in [0.2, 0.25) is 0 Å². The molecule has 1 amide bonds. The Kier molecular flexibility index (Phi) is 5.11. The molecule has 0 N–H and O–H groups in total. The smallest absolute Gasteiger partial charge is 0.426 e. The summed E-state index contributed by atoms with van der Waals surface area (Å²) in [6.07, 6.45) is -0.346. The molecule has 1 rings (SSSR count). The molecule has 6 heteroatoms. The van der Waals surface area contributed by atoms with Gasteiger partial charge in [0.15, 0.2) is 0 Å². The van der Waals surface area contributed by atoms with E-state index >= 15 is 0 Å². The first-order valence-electron chi connectivity index (χ1n) is 5.20. The van der Waals surface area contributed by atoms with Crippen LogP contribution in [0.15, 0.2) is 24.3 Å². The third-order valence-corrected chi connectivity index (χ3v) is 2.73. The van der Waals surface area contributed by atoms with Crippen LogP contribution in [0.4, 0.5) is 4.79 Å². The number of benzene rings is 1. The highest BCUT2D eigenvalue weighted by molar-refractivity contribution is 7.77. The van der Waals surface area contributed by atoms with Gasteiger partial charge in [0.05, 0.1) is 11.3 Å². The van der Waals surface area contributed by atoms with Gasteiger partial charge in [-0.2, -0.15) is 0 Å². The third kappa shape index (κ3) is 4.16. The first-order valence-corrected chi connectivity index (χ1v) is 6.23. The van der Waals surface area contributed by atoms with Crippen LogP contribution in [-0.2, 0) is 11.3 Å². The average Bonchev–Trinajstić information content (AvgIpc) is 2.28. The zero-order valence-corrected chi connectivity index (χ0v) is 10.5. The van der Waals surface area contributed by atoms with E-state index < -0.39 is 17.4 Å². The fourth-order valence-electron chi connectivity index (χ4n) is 1.19. The lowest BCUT2D eigenvalue weighted by molar-refractivity contribution is 0.178. The predicted molar refractivity (Wildman–Crippen MR) is 63.1 cm³/mol. The zero-order valence-electron chi connectivity index (χ0n) is 9.71. The van der Waals surface area contributed by atoms with Crippen molar-refractivity contribution >= 4 is 17.4 Å². The number of rotatable bonds is 4. The third-order valence-electron chi connectivity index (χ3n) is 2.04. The molecule has 0 heterocycles. The molecule has 0 saturated heterocycles. The van der Waals surface area contributed by atoms with Crippen LogP contribution in [0.25, 0.3) is 0 Å². The normalized spacial score (nSPS) is 11.9. The Morgan fingerprint density at radius 1 is 1.41 bits per heavy atom. The van der Waals surface area contributed by atoms with Crippen LogP contribution in [0.1, 0.15) is 18.9 Å². The fraction of sp³-hybridized carbons (Fsp3) is 0.364. The highest BCUT2D eigenvalue weighted by atomic mass is 32.2. The molecular formula is C11H14NO4S-. The molecule has 0 fully saturated rings. The van der Waals surface area contributed by atoms with E-state index in [0.717, 1.165) is 5.56 Å². The van der Waals surface area contributed by atoms with Crippen molar-refractivity contribution in [2.24, 2.45) is 0 Å². The maximum Gasteiger partial charge on any atom is 0.426 e. The molecule has 1 atom stereocenters. The number of carbonyl (C=O) groups is 1. The zero-order chi connectivity index (χ0) is 12.8. The number of aryl methyl sites for hydroxylation is 1. The van der Waals surface area contributed by atoms with Crippen LogP contribution in [-0.4, -0.2) is 25.7 Å². The van der Waals surface area contributed by atoms with E-state index in [9.17, 15) is 13.6 Å². The largest absolute Gasteiger partial charge is 0.755 e. The van der Waals surface area contributed by atoms with Gasteiger partial charge in [-0.05, 0) is 25.5 Å². The minimum absolute atomic E-state index is 0.112. The van der Waals surface area contributed by atoms with Gasteiger partial charge >= 0.3 is 6.09 Å². The lowest BCUT2D eigenvalue weighted by atomic mass is 10.2. The monoisotopic (exact) mass is 256 g/mol. The van der Waals surface area contributed by atoms with Crippen LogP contribution < -0.4 is 4.74 Å². The second-order valence-electron chi connectivity index (χ2n) is 3.50. The Morgan fingerprint density at radius 2 is 2.00 bits per heavy atom. The van der Waals surface area contributed by atoms with Crippen LogP contribution >= 0.6 is 0 Å². The predicted octanol–water partition coefficient (Wildman–Crippen LogP) is 2.00. The Morgan fingerprint density at radius 3 is 2.47 bits per heavy atom. The molecule has 0 aliphatic heterocycles. The summed E-state index contributed by atoms with van der Waals surface area (Å²) in [4.78, 5) is 11.5. The van der Waals surface area contributed by atoms with Crippen molar-refractivity contribution in [3.8, 4) is 5.75 Å². The lowest BCUT2D eigenvalue weighted by Crippen LogP contribution is -2.35. The summed E-state index contributed by atoms with van der Waals surface area (Å²) in [6, 6.07) is 6.79. The van der Waals surface area contributed by atoms with Gasteiger partial charge in [-0.25, -0.2) is 9.10 Å². The molecule has 0 aliphatic carbocycles. The van der Waals surface area contributed by atoms with Crippen molar-refractivity contribution in [3.63, 3.8) is 0 Å². The summed E-state index contributed by atoms with van der Waals surface area (Å²) in [7, 11) is 0. The number of hydrogen-bond acceptors (Lipinski definition) is 4. The van der Waals surface area contributed by atoms with Gasteiger partial charge in [0.1, 0.15) is 5.75 Å². The van der Waals surface area contributed by atoms with Crippen molar-refractivity contribution in [2.45, 2.75) is 20.3 Å². The first-order chi connectivity index (χ1) is 8.04. The summed E-state index contributed by atoms with van der Waals surface area (Å²) in [5, 5.41) is 0. The van der Waals surface area contributed by atoms with Gasteiger partial charge < -0.3 is 9.29 Å². The quantitative estimate of drug-likeness (QED) is 0.772. The Bertz CT molecular complexity index is 404. The minimum atomic E-state index is -2.60. The van der Waals surface area contributed by atoms with Crippen molar-refractivity contribution in [1.82, 2.24) is 4.31 Å². The minimum Gasteiger partial charge on any atom is -0.755 e. The van der Waals surface area contributed by atoms with E-state index in [0.29, 0.717) is 16.5 Å². The summed E-state index contributed by atoms with van der Waals surface area (Å²) in [6.45, 7) is 3.79. The standard InChI is InChI=1S/C11H15NO4S/c1-3-8-12(17(14)15)11(13)16-10-6-4-9(2)5-7-10/h4-7H,3,8H2,1-2H3,(H,14,15)/p-1. The molecule has 0 aromatic heterocycles. The van der Waals surface area contributed by atoms with Crippen LogP contribution in [0, 0.1) is 6.92 Å². The number of ether oxygens (including phenoxy) is 1. The maximum atomic E-state index is 11.5. The van der Waals surface area contributed by atoms with Gasteiger partial charge in [-0.3, -0.25) is 4.21 Å². The number of hydrogen-bond donors (Lipinski definition) is 0. The molecule has 1 aromatic rings. The highest BCUT2D eigenvalue weighted by Gasteiger charge is 2.15. The maximum absolute atomic E-state index is 11.5. The van der Waals surface area contributed by atoms with Gasteiger partial charge in [0, 0.05) is 6.54 Å². The van der Waals surface area contributed by atoms with Crippen LogP contribution in [0.3, 0.4) is 0 Å². The van der Waals surface area contributed by atoms with Gasteiger partial charge in [-0.1, -0.05) is 24.6 Å². The van der Waals surface area contributed by atoms with E-state index in [1.807, 2.05) is 6.92 Å². The SMILES string of the molecule is CCCN(C(=O)Oc1ccc(C)cc1)S(=O)[O-]. The topological polar surface area (TPSA) is 69.7 Å². The summed E-state index contributed by atoms with van der Waals surface area (Å²) >= 11 is -2.60. The molecule has 0 saturated carbocycles. The van der Waals surface area contributed by atoms with Gasteiger partial charge in [0.25, 0.3) is 0 Å². The molecule has 1 unspecified atom stereocenters. The average molecular weight is 256 g/mol. The van der Waals surface area contributed by atoms with Crippen molar-refractivity contribution in [3.05, 3.63) is 29.8 Å². The number of amides is 1. The number of nitrogens with zero attached hydrogens (tertiary/aromatic N) is 1. The second-order valence-corrected chi connectivity index (χ2v) is 4.38. The summed E-state index contributed by atoms with van der Waals surface area (Å²) in [5.74, 6) is 0.326. The first kappa shape index (κ1) is 13.7. The van der Waals surface area contributed by atoms with Crippen molar-refractivity contribution in [2.75, 3.05) is 6.54 Å². The molecule has 17 heavy (non-hydrogen) atoms. The highest BCUT2D eigenvalue weighted by Crippen LogP contribution is 2.13. The molecule has 0 aliphatic rings. The number of carbonyl (C=O) groups excluding carboxylic acids is 1. The van der Waals surface area contributed by atoms with E-state index in [-0.39, 0.29) is 6.54 Å². The van der Waals surface area contributed by atoms with Crippen LogP contribution in [0.5, 0.6) is 5.75 Å². The van der Waals surface area contributed by atoms with Crippen molar-refractivity contribution in [1.29, 1.82) is 0 Å². The molecule has 0 bridgehead atoms. The molecule has 94 valence electrons. The van der Waals surface area contributed by atoms with Crippen molar-refractivity contribution < 1.29 is 18.3 Å². The van der Waals surface area contributed by atoms with E-state index in [1.165, 1.54) is 0 Å². The van der Waals surface area contributed by atoms with Crippen LogP contribution in [0.2, 0.25) is 0 Å². The summed E-state index contributed by atoms with van der Waals surface area (Å²) < 4.78 is 27.2. The molecule has 5 nitrogen and oxygen atoms in total. The molecule has 0 spiro atoms. The molecule has 1 aromatic carbocycles. The van der Waals surface area contributed by atoms with E-state index in [4.69, 9.17) is 4.74 Å². The summed E-state index contributed by atoms with van der Waals surface area (Å²) in [5.41, 5.74) is 1.03. The Balaban J connectivity index is 2.69. The Hall–Kier alpha value is -1.40.